The molecule has 14 heteroatoms. The zero-order valence-corrected chi connectivity index (χ0v) is 20.1. The van der Waals surface area contributed by atoms with Gasteiger partial charge in [0, 0.05) is 30.5 Å². The van der Waals surface area contributed by atoms with Gasteiger partial charge in [-0.1, -0.05) is 0 Å². The van der Waals surface area contributed by atoms with E-state index in [0.717, 1.165) is 33.5 Å². The average Bonchev–Trinajstić information content (AvgIpc) is 3.37. The molecule has 11 nitrogen and oxygen atoms in total. The fraction of sp³-hybridized carbons (Fsp3) is 0.240. The van der Waals surface area contributed by atoms with Gasteiger partial charge in [0.2, 0.25) is 5.82 Å². The minimum absolute atomic E-state index is 0.0366. The van der Waals surface area contributed by atoms with E-state index in [-0.39, 0.29) is 34.4 Å². The maximum atomic E-state index is 14.1. The summed E-state index contributed by atoms with van der Waals surface area (Å²) in [5, 5.41) is 6.80. The van der Waals surface area contributed by atoms with Gasteiger partial charge in [-0.15, -0.1) is 5.10 Å². The molecule has 4 aromatic heterocycles. The van der Waals surface area contributed by atoms with E-state index in [9.17, 15) is 27.6 Å². The van der Waals surface area contributed by atoms with Gasteiger partial charge in [-0.2, -0.15) is 4.98 Å². The molecule has 0 aliphatic heterocycles. The molecule has 0 saturated heterocycles. The first kappa shape index (κ1) is 24.5. The van der Waals surface area contributed by atoms with Gasteiger partial charge in [-0.3, -0.25) is 14.2 Å². The molecule has 0 spiro atoms. The largest absolute Gasteiger partial charge is 0.347 e. The highest BCUT2D eigenvalue weighted by Crippen LogP contribution is 2.28. The van der Waals surface area contributed by atoms with Crippen LogP contribution in [0.1, 0.15) is 42.3 Å². The molecule has 6 rings (SSSR count). The molecule has 1 fully saturated rings. The number of rotatable bonds is 4. The first-order valence-corrected chi connectivity index (χ1v) is 12.1. The van der Waals surface area contributed by atoms with Crippen LogP contribution in [0.25, 0.3) is 22.5 Å². The predicted molar refractivity (Wildman–Crippen MR) is 131 cm³/mol. The smallest absolute Gasteiger partial charge is 0.337 e. The van der Waals surface area contributed by atoms with Crippen LogP contribution in [0, 0.1) is 17.5 Å². The van der Waals surface area contributed by atoms with E-state index in [1.807, 2.05) is 0 Å². The van der Waals surface area contributed by atoms with E-state index in [1.165, 1.54) is 16.8 Å². The molecule has 1 aromatic carbocycles. The number of nitrogens with one attached hydrogen (secondary N) is 1. The highest BCUT2D eigenvalue weighted by molar-refractivity contribution is 5.91. The third kappa shape index (κ3) is 4.32. The minimum Gasteiger partial charge on any atom is -0.347 e. The lowest BCUT2D eigenvalue weighted by Crippen LogP contribution is -2.45. The Balaban J connectivity index is 1.30. The van der Waals surface area contributed by atoms with Gasteiger partial charge >= 0.3 is 5.69 Å². The molecule has 0 bridgehead atoms. The lowest BCUT2D eigenvalue weighted by atomic mass is 9.91. The Bertz CT molecular complexity index is 1840. The number of benzene rings is 1. The Labute approximate surface area is 216 Å². The Hall–Kier alpha value is -4.88. The third-order valence-electron chi connectivity index (χ3n) is 6.77. The summed E-state index contributed by atoms with van der Waals surface area (Å²) in [4.78, 5) is 51.7. The van der Waals surface area contributed by atoms with E-state index in [4.69, 9.17) is 0 Å². The van der Waals surface area contributed by atoms with Crippen LogP contribution < -0.4 is 16.6 Å². The topological polar surface area (TPSA) is 129 Å². The fourth-order valence-corrected chi connectivity index (χ4v) is 4.92. The van der Waals surface area contributed by atoms with Gasteiger partial charge in [0.15, 0.2) is 17.3 Å². The summed E-state index contributed by atoms with van der Waals surface area (Å²) in [6.45, 7) is 0. The number of hydrogen-bond donors (Lipinski definition) is 1. The quantitative estimate of drug-likeness (QED) is 0.373. The maximum absolute atomic E-state index is 14.1. The average molecular weight is 536 g/mol. The summed E-state index contributed by atoms with van der Waals surface area (Å²) < 4.78 is 45.0. The van der Waals surface area contributed by atoms with Crippen LogP contribution in [0.5, 0.6) is 0 Å². The van der Waals surface area contributed by atoms with Gasteiger partial charge < -0.3 is 5.32 Å². The summed E-state index contributed by atoms with van der Waals surface area (Å²) in [7, 11) is 0. The second kappa shape index (κ2) is 9.45. The van der Waals surface area contributed by atoms with E-state index in [1.54, 1.807) is 12.3 Å². The molecule has 4 heterocycles. The molecule has 0 atom stereocenters. The lowest BCUT2D eigenvalue weighted by molar-refractivity contribution is 0.0911. The van der Waals surface area contributed by atoms with E-state index >= 15 is 0 Å². The summed E-state index contributed by atoms with van der Waals surface area (Å²) in [5.74, 6) is -3.33. The van der Waals surface area contributed by atoms with Crippen molar-refractivity contribution in [2.45, 2.75) is 37.8 Å². The van der Waals surface area contributed by atoms with Gasteiger partial charge in [0.05, 0.1) is 17.3 Å². The van der Waals surface area contributed by atoms with Crippen molar-refractivity contribution in [3.63, 3.8) is 0 Å². The number of hydrogen-bond acceptors (Lipinski definition) is 7. The molecule has 1 amide bonds. The van der Waals surface area contributed by atoms with E-state index in [0.29, 0.717) is 25.7 Å². The maximum Gasteiger partial charge on any atom is 0.337 e. The van der Waals surface area contributed by atoms with Crippen LogP contribution in [-0.2, 0) is 0 Å². The second-order valence-electron chi connectivity index (χ2n) is 9.19. The van der Waals surface area contributed by atoms with Crippen LogP contribution >= 0.6 is 0 Å². The minimum atomic E-state index is -1.19. The number of pyridine rings is 1. The number of carbonyl (C=O) groups excluding carboxylic acids is 1. The van der Waals surface area contributed by atoms with Crippen molar-refractivity contribution in [3.8, 4) is 5.69 Å². The molecule has 0 unspecified atom stereocenters. The normalized spacial score (nSPS) is 17.5. The van der Waals surface area contributed by atoms with Crippen LogP contribution in [0.15, 0.2) is 58.5 Å². The Kier molecular flexibility index (Phi) is 5.93. The second-order valence-corrected chi connectivity index (χ2v) is 9.19. The van der Waals surface area contributed by atoms with Crippen molar-refractivity contribution >= 4 is 22.7 Å². The van der Waals surface area contributed by atoms with E-state index in [2.05, 4.69) is 25.4 Å². The SMILES string of the molecule is O=C(N[C@H]1CC[C@@H](n2c(=O)c3cc(F)cnc3n(-c3ccc(F)c(F)c3)c2=O)CC1)c1nc2ncccn2n1. The van der Waals surface area contributed by atoms with Crippen LogP contribution in [0.2, 0.25) is 0 Å². The molecular weight excluding hydrogens is 517 g/mol. The zero-order valence-electron chi connectivity index (χ0n) is 20.1. The summed E-state index contributed by atoms with van der Waals surface area (Å²) in [6, 6.07) is 4.60. The van der Waals surface area contributed by atoms with Crippen molar-refractivity contribution < 1.29 is 18.0 Å². The fourth-order valence-electron chi connectivity index (χ4n) is 4.92. The number of carbonyl (C=O) groups is 1. The Morgan fingerprint density at radius 1 is 1.00 bits per heavy atom. The predicted octanol–water partition coefficient (Wildman–Crippen LogP) is 2.32. The van der Waals surface area contributed by atoms with Gasteiger partial charge in [-0.05, 0) is 49.9 Å². The number of fused-ring (bicyclic) bond motifs is 2. The standard InChI is InChI=1S/C25H19F3N8O3/c26-13-10-17-21(30-12-13)35(16-6-7-18(27)19(28)11-16)25(39)36(23(17)38)15-4-2-14(3-5-15)31-22(37)20-32-24-29-8-1-9-34(24)33-20/h1,6-12,14-15H,2-5H2,(H,31,37)/t14-,15+. The number of aromatic nitrogens is 7. The molecule has 1 N–H and O–H groups in total. The molecule has 0 radical (unpaired) electrons. The summed E-state index contributed by atoms with van der Waals surface area (Å²) in [5.41, 5.74) is -1.79. The molecule has 1 aliphatic carbocycles. The monoisotopic (exact) mass is 536 g/mol. The summed E-state index contributed by atoms with van der Waals surface area (Å²) >= 11 is 0. The molecule has 39 heavy (non-hydrogen) atoms. The molecule has 5 aromatic rings. The number of halogens is 3. The first-order valence-electron chi connectivity index (χ1n) is 12.1. The lowest BCUT2D eigenvalue weighted by Gasteiger charge is -2.30. The van der Waals surface area contributed by atoms with Crippen LogP contribution in [0.3, 0.4) is 0 Å². The van der Waals surface area contributed by atoms with Crippen LogP contribution in [0.4, 0.5) is 13.2 Å². The van der Waals surface area contributed by atoms with Crippen molar-refractivity contribution in [1.29, 1.82) is 0 Å². The van der Waals surface area contributed by atoms with Gasteiger partial charge in [-0.25, -0.2) is 37.0 Å². The third-order valence-corrected chi connectivity index (χ3v) is 6.77. The first-order chi connectivity index (χ1) is 18.8. The highest BCUT2D eigenvalue weighted by Gasteiger charge is 2.29. The van der Waals surface area contributed by atoms with Crippen molar-refractivity contribution in [3.05, 3.63) is 93.0 Å². The zero-order chi connectivity index (χ0) is 27.3. The molecule has 1 aliphatic rings. The highest BCUT2D eigenvalue weighted by atomic mass is 19.2. The van der Waals surface area contributed by atoms with E-state index < -0.39 is 40.6 Å². The molecule has 1 saturated carbocycles. The summed E-state index contributed by atoms with van der Waals surface area (Å²) in [6.07, 6.45) is 5.53. The van der Waals surface area contributed by atoms with Crippen molar-refractivity contribution in [1.82, 2.24) is 39.0 Å². The van der Waals surface area contributed by atoms with Gasteiger partial charge in [0.25, 0.3) is 17.2 Å². The number of nitrogens with zero attached hydrogens (tertiary/aromatic N) is 7. The van der Waals surface area contributed by atoms with Crippen molar-refractivity contribution in [2.24, 2.45) is 0 Å². The molecule has 198 valence electrons. The Morgan fingerprint density at radius 3 is 2.54 bits per heavy atom. The number of amides is 1. The van der Waals surface area contributed by atoms with Crippen molar-refractivity contribution in [2.75, 3.05) is 0 Å². The van der Waals surface area contributed by atoms with Gasteiger partial charge in [0.1, 0.15) is 5.82 Å². The van der Waals surface area contributed by atoms with Crippen LogP contribution in [-0.4, -0.2) is 45.6 Å². The molecular formula is C25H19F3N8O3. The Morgan fingerprint density at radius 2 is 1.79 bits per heavy atom.